The first-order valence-electron chi connectivity index (χ1n) is 6.44. The highest BCUT2D eigenvalue weighted by Crippen LogP contribution is 2.54. The van der Waals surface area contributed by atoms with Crippen molar-refractivity contribution in [2.45, 2.75) is 37.2 Å². The fraction of sp³-hybridized carbons (Fsp3) is 0.467. The van der Waals surface area contributed by atoms with Crippen LogP contribution in [0.4, 0.5) is 0 Å². The molecule has 1 heterocycles. The molecule has 3 rings (SSSR count). The second-order valence-electron chi connectivity index (χ2n) is 5.18. The Bertz CT molecular complexity index is 575. The van der Waals surface area contributed by atoms with E-state index < -0.39 is 0 Å². The van der Waals surface area contributed by atoms with Crippen molar-refractivity contribution < 1.29 is 14.3 Å². The number of ether oxygens (including phenoxy) is 2. The van der Waals surface area contributed by atoms with Crippen molar-refractivity contribution >= 4 is 5.78 Å². The third-order valence-electron chi connectivity index (χ3n) is 4.27. The van der Waals surface area contributed by atoms with Crippen LogP contribution in [0.1, 0.15) is 31.2 Å². The predicted octanol–water partition coefficient (Wildman–Crippen LogP) is 2.36. The molecule has 98 valence electrons. The molecule has 0 amide bonds. The molecule has 2 aliphatic rings. The van der Waals surface area contributed by atoms with Crippen LogP contribution in [0.15, 0.2) is 18.2 Å². The molecule has 0 aromatic heterocycles. The first kappa shape index (κ1) is 12.0. The normalized spacial score (nSPS) is 28.0. The second-order valence-corrected chi connectivity index (χ2v) is 5.18. The van der Waals surface area contributed by atoms with E-state index in [9.17, 15) is 4.79 Å². The molecule has 1 aliphatic carbocycles. The minimum absolute atomic E-state index is 0.213. The molecular formula is C15H15NO3. The Balaban J connectivity index is 2.13. The minimum atomic E-state index is -0.341. The number of Topliss-reactive ketones (excluding diaryl/α,β-unsaturated/α-hetero) is 1. The Hall–Kier alpha value is -2.02. The van der Waals surface area contributed by atoms with E-state index in [1.54, 1.807) is 7.11 Å². The zero-order valence-electron chi connectivity index (χ0n) is 10.8. The van der Waals surface area contributed by atoms with E-state index in [-0.39, 0.29) is 17.3 Å². The number of nitrogens with zero attached hydrogens (tertiary/aromatic N) is 1. The lowest BCUT2D eigenvalue weighted by molar-refractivity contribution is -0.124. The minimum Gasteiger partial charge on any atom is -0.493 e. The highest BCUT2D eigenvalue weighted by Gasteiger charge is 2.52. The van der Waals surface area contributed by atoms with Gasteiger partial charge < -0.3 is 9.47 Å². The smallest absolute Gasteiger partial charge is 0.165 e. The molecule has 1 aromatic carbocycles. The number of benzene rings is 1. The van der Waals surface area contributed by atoms with Gasteiger partial charge in [-0.25, -0.2) is 0 Å². The van der Waals surface area contributed by atoms with Gasteiger partial charge in [-0.05, 0) is 12.5 Å². The average Bonchev–Trinajstić information content (AvgIpc) is 2.73. The van der Waals surface area contributed by atoms with E-state index in [2.05, 4.69) is 6.07 Å². The van der Waals surface area contributed by atoms with Gasteiger partial charge >= 0.3 is 0 Å². The van der Waals surface area contributed by atoms with E-state index in [1.165, 1.54) is 0 Å². The third-order valence-corrected chi connectivity index (χ3v) is 4.27. The topological polar surface area (TPSA) is 59.3 Å². The Kier molecular flexibility index (Phi) is 2.70. The summed E-state index contributed by atoms with van der Waals surface area (Å²) < 4.78 is 11.3. The zero-order valence-corrected chi connectivity index (χ0v) is 10.8. The van der Waals surface area contributed by atoms with Crippen LogP contribution in [0.2, 0.25) is 0 Å². The summed E-state index contributed by atoms with van der Waals surface area (Å²) in [7, 11) is 1.60. The van der Waals surface area contributed by atoms with Gasteiger partial charge in [-0.1, -0.05) is 12.1 Å². The summed E-state index contributed by atoms with van der Waals surface area (Å²) in [6, 6.07) is 8.01. The molecule has 1 aliphatic heterocycles. The summed E-state index contributed by atoms with van der Waals surface area (Å²) in [5.41, 5.74) is 0.679. The van der Waals surface area contributed by atoms with Crippen LogP contribution >= 0.6 is 0 Å². The van der Waals surface area contributed by atoms with E-state index >= 15 is 0 Å². The van der Waals surface area contributed by atoms with Crippen molar-refractivity contribution in [2.24, 2.45) is 0 Å². The lowest BCUT2D eigenvalue weighted by Gasteiger charge is -2.35. The van der Waals surface area contributed by atoms with E-state index in [0.717, 1.165) is 5.56 Å². The van der Waals surface area contributed by atoms with Gasteiger partial charge in [0.15, 0.2) is 11.5 Å². The van der Waals surface area contributed by atoms with Crippen LogP contribution in [0.5, 0.6) is 11.5 Å². The van der Waals surface area contributed by atoms with Crippen LogP contribution in [0.3, 0.4) is 0 Å². The quantitative estimate of drug-likeness (QED) is 0.816. The van der Waals surface area contributed by atoms with Gasteiger partial charge in [0.2, 0.25) is 0 Å². The second kappa shape index (κ2) is 4.27. The molecule has 0 N–H and O–H groups in total. The average molecular weight is 257 g/mol. The van der Waals surface area contributed by atoms with E-state index in [4.69, 9.17) is 14.7 Å². The summed E-state index contributed by atoms with van der Waals surface area (Å²) >= 11 is 0. The fourth-order valence-electron chi connectivity index (χ4n) is 3.26. The molecule has 0 radical (unpaired) electrons. The molecule has 1 aromatic rings. The standard InChI is InChI=1S/C15H15NO3/c1-18-12-4-2-3-11-14(12)19-13-9-10(17)5-6-15(11,13)7-8-16/h2-4,13H,5-7,9H2,1H3. The summed E-state index contributed by atoms with van der Waals surface area (Å²) in [5, 5.41) is 9.16. The molecule has 4 heteroatoms. The summed E-state index contributed by atoms with van der Waals surface area (Å²) in [6.07, 6.45) is 1.76. The highest BCUT2D eigenvalue weighted by molar-refractivity contribution is 5.81. The Morgan fingerprint density at radius 1 is 1.58 bits per heavy atom. The highest BCUT2D eigenvalue weighted by atomic mass is 16.5. The van der Waals surface area contributed by atoms with E-state index in [0.29, 0.717) is 37.2 Å². The van der Waals surface area contributed by atoms with Crippen molar-refractivity contribution in [1.29, 1.82) is 5.26 Å². The van der Waals surface area contributed by atoms with Crippen LogP contribution in [0, 0.1) is 11.3 Å². The van der Waals surface area contributed by atoms with Gasteiger partial charge in [0.1, 0.15) is 11.9 Å². The van der Waals surface area contributed by atoms with Crippen LogP contribution in [-0.4, -0.2) is 19.0 Å². The number of hydrogen-bond donors (Lipinski definition) is 0. The molecule has 1 saturated carbocycles. The number of para-hydroxylation sites is 1. The number of methoxy groups -OCH3 is 1. The maximum absolute atomic E-state index is 11.7. The number of ketones is 1. The van der Waals surface area contributed by atoms with Crippen molar-refractivity contribution in [1.82, 2.24) is 0 Å². The van der Waals surface area contributed by atoms with Crippen LogP contribution in [0.25, 0.3) is 0 Å². The Morgan fingerprint density at radius 3 is 3.16 bits per heavy atom. The number of nitriles is 1. The van der Waals surface area contributed by atoms with Gasteiger partial charge in [0.25, 0.3) is 0 Å². The molecular weight excluding hydrogens is 242 g/mol. The molecule has 0 bridgehead atoms. The maximum atomic E-state index is 11.7. The van der Waals surface area contributed by atoms with Crippen molar-refractivity contribution in [2.75, 3.05) is 7.11 Å². The summed E-state index contributed by atoms with van der Waals surface area (Å²) in [4.78, 5) is 11.7. The number of carbonyl (C=O) groups is 1. The van der Waals surface area contributed by atoms with Gasteiger partial charge in [0, 0.05) is 30.2 Å². The largest absolute Gasteiger partial charge is 0.493 e. The number of rotatable bonds is 2. The van der Waals surface area contributed by atoms with Gasteiger partial charge in [-0.2, -0.15) is 5.26 Å². The first-order chi connectivity index (χ1) is 9.21. The Labute approximate surface area is 111 Å². The molecule has 0 spiro atoms. The zero-order chi connectivity index (χ0) is 13.5. The summed E-state index contributed by atoms with van der Waals surface area (Å²) in [5.74, 6) is 1.60. The van der Waals surface area contributed by atoms with Crippen molar-refractivity contribution in [3.63, 3.8) is 0 Å². The number of carbonyl (C=O) groups excluding carboxylic acids is 1. The van der Waals surface area contributed by atoms with Crippen molar-refractivity contribution in [3.8, 4) is 17.6 Å². The van der Waals surface area contributed by atoms with Gasteiger partial charge in [-0.3, -0.25) is 4.79 Å². The van der Waals surface area contributed by atoms with Gasteiger partial charge in [-0.15, -0.1) is 0 Å². The Morgan fingerprint density at radius 2 is 2.42 bits per heavy atom. The molecule has 19 heavy (non-hydrogen) atoms. The maximum Gasteiger partial charge on any atom is 0.165 e. The van der Waals surface area contributed by atoms with Crippen LogP contribution < -0.4 is 9.47 Å². The monoisotopic (exact) mass is 257 g/mol. The number of hydrogen-bond acceptors (Lipinski definition) is 4. The first-order valence-corrected chi connectivity index (χ1v) is 6.44. The molecule has 2 unspecified atom stereocenters. The lowest BCUT2D eigenvalue weighted by Crippen LogP contribution is -2.43. The van der Waals surface area contributed by atoms with Crippen LogP contribution in [-0.2, 0) is 10.2 Å². The van der Waals surface area contributed by atoms with E-state index in [1.807, 2.05) is 18.2 Å². The lowest BCUT2D eigenvalue weighted by atomic mass is 9.66. The fourth-order valence-corrected chi connectivity index (χ4v) is 3.26. The molecule has 4 nitrogen and oxygen atoms in total. The predicted molar refractivity (Wildman–Crippen MR) is 68.2 cm³/mol. The van der Waals surface area contributed by atoms with Crippen molar-refractivity contribution in [3.05, 3.63) is 23.8 Å². The number of fused-ring (bicyclic) bond motifs is 3. The third kappa shape index (κ3) is 1.61. The molecule has 1 fully saturated rings. The van der Waals surface area contributed by atoms with Gasteiger partial charge in [0.05, 0.1) is 13.2 Å². The summed E-state index contributed by atoms with van der Waals surface area (Å²) in [6.45, 7) is 0. The molecule has 0 saturated heterocycles. The molecule has 2 atom stereocenters. The SMILES string of the molecule is COc1cccc2c1OC1CC(=O)CCC21CC#N.